The molecule has 1 heterocycles. The standard InChI is InChI=1S/C13H20N2O3/c1-3-13(7-5-6-8-13)12-15-9(10(14)18-12)11(16)17-4-2/h3-8,14H2,1-2H3. The van der Waals surface area contributed by atoms with Gasteiger partial charge >= 0.3 is 5.97 Å². The Hall–Kier alpha value is -1.52. The van der Waals surface area contributed by atoms with Crippen LogP contribution in [0.5, 0.6) is 0 Å². The molecule has 100 valence electrons. The minimum Gasteiger partial charge on any atom is -0.461 e. The average molecular weight is 252 g/mol. The number of hydrogen-bond acceptors (Lipinski definition) is 5. The zero-order chi connectivity index (χ0) is 13.2. The van der Waals surface area contributed by atoms with Crippen LogP contribution in [0.15, 0.2) is 4.42 Å². The number of nitrogens with two attached hydrogens (primary N) is 1. The summed E-state index contributed by atoms with van der Waals surface area (Å²) in [4.78, 5) is 15.9. The quantitative estimate of drug-likeness (QED) is 0.833. The maximum Gasteiger partial charge on any atom is 0.362 e. The molecule has 5 nitrogen and oxygen atoms in total. The molecule has 0 saturated heterocycles. The highest BCUT2D eigenvalue weighted by Crippen LogP contribution is 2.44. The molecule has 0 aliphatic heterocycles. The third-order valence-corrected chi connectivity index (χ3v) is 3.81. The Bertz CT molecular complexity index is 433. The number of carbonyl (C=O) groups is 1. The molecule has 0 unspecified atom stereocenters. The van der Waals surface area contributed by atoms with Gasteiger partial charge in [0.25, 0.3) is 0 Å². The van der Waals surface area contributed by atoms with Crippen LogP contribution in [-0.2, 0) is 10.2 Å². The number of nitrogen functional groups attached to an aromatic ring is 1. The monoisotopic (exact) mass is 252 g/mol. The Kier molecular flexibility index (Phi) is 3.59. The fourth-order valence-electron chi connectivity index (χ4n) is 2.67. The second-order valence-corrected chi connectivity index (χ2v) is 4.79. The maximum atomic E-state index is 11.7. The van der Waals surface area contributed by atoms with Crippen LogP contribution in [-0.4, -0.2) is 17.6 Å². The van der Waals surface area contributed by atoms with Crippen LogP contribution in [0.4, 0.5) is 5.88 Å². The van der Waals surface area contributed by atoms with Crippen molar-refractivity contribution in [1.82, 2.24) is 4.98 Å². The lowest BCUT2D eigenvalue weighted by Crippen LogP contribution is -2.21. The van der Waals surface area contributed by atoms with E-state index < -0.39 is 5.97 Å². The summed E-state index contributed by atoms with van der Waals surface area (Å²) in [5, 5.41) is 0. The van der Waals surface area contributed by atoms with E-state index >= 15 is 0 Å². The third-order valence-electron chi connectivity index (χ3n) is 3.81. The molecule has 0 aromatic carbocycles. The van der Waals surface area contributed by atoms with Crippen LogP contribution in [0.25, 0.3) is 0 Å². The first-order chi connectivity index (χ1) is 8.63. The van der Waals surface area contributed by atoms with Crippen LogP contribution in [0.2, 0.25) is 0 Å². The summed E-state index contributed by atoms with van der Waals surface area (Å²) in [5.74, 6) is 0.167. The SMILES string of the molecule is CCOC(=O)c1nc(C2(CC)CCCC2)oc1N. The van der Waals surface area contributed by atoms with Gasteiger partial charge < -0.3 is 14.9 Å². The van der Waals surface area contributed by atoms with Gasteiger partial charge in [-0.1, -0.05) is 19.8 Å². The van der Waals surface area contributed by atoms with Gasteiger partial charge in [0.1, 0.15) is 0 Å². The highest BCUT2D eigenvalue weighted by molar-refractivity contribution is 5.91. The molecule has 0 bridgehead atoms. The lowest BCUT2D eigenvalue weighted by atomic mass is 9.83. The van der Waals surface area contributed by atoms with E-state index in [0.29, 0.717) is 12.5 Å². The molecule has 1 fully saturated rings. The molecule has 2 rings (SSSR count). The molecule has 1 aliphatic rings. The summed E-state index contributed by atoms with van der Waals surface area (Å²) < 4.78 is 10.4. The van der Waals surface area contributed by atoms with E-state index in [-0.39, 0.29) is 17.0 Å². The van der Waals surface area contributed by atoms with Crippen molar-refractivity contribution in [3.63, 3.8) is 0 Å². The van der Waals surface area contributed by atoms with Gasteiger partial charge in [-0.2, -0.15) is 0 Å². The summed E-state index contributed by atoms with van der Waals surface area (Å²) in [6.45, 7) is 4.18. The van der Waals surface area contributed by atoms with Gasteiger partial charge in [0.05, 0.1) is 6.61 Å². The minimum atomic E-state index is -0.505. The number of anilines is 1. The molecule has 1 saturated carbocycles. The summed E-state index contributed by atoms with van der Waals surface area (Å²) >= 11 is 0. The van der Waals surface area contributed by atoms with Crippen LogP contribution < -0.4 is 5.73 Å². The van der Waals surface area contributed by atoms with Crippen molar-refractivity contribution >= 4 is 11.9 Å². The molecule has 0 radical (unpaired) electrons. The minimum absolute atomic E-state index is 0.0428. The van der Waals surface area contributed by atoms with Crippen molar-refractivity contribution in [3.8, 4) is 0 Å². The van der Waals surface area contributed by atoms with E-state index in [1.807, 2.05) is 0 Å². The lowest BCUT2D eigenvalue weighted by molar-refractivity contribution is 0.0521. The molecule has 1 aromatic heterocycles. The highest BCUT2D eigenvalue weighted by atomic mass is 16.5. The van der Waals surface area contributed by atoms with Crippen molar-refractivity contribution in [3.05, 3.63) is 11.6 Å². The van der Waals surface area contributed by atoms with E-state index in [2.05, 4.69) is 11.9 Å². The molecule has 18 heavy (non-hydrogen) atoms. The first-order valence-electron chi connectivity index (χ1n) is 6.57. The number of esters is 1. The Morgan fingerprint density at radius 2 is 2.11 bits per heavy atom. The third kappa shape index (κ3) is 2.09. The van der Waals surface area contributed by atoms with Gasteiger partial charge in [0.2, 0.25) is 17.5 Å². The molecule has 5 heteroatoms. The van der Waals surface area contributed by atoms with Crippen LogP contribution >= 0.6 is 0 Å². The fraction of sp³-hybridized carbons (Fsp3) is 0.692. The molecular weight excluding hydrogens is 232 g/mol. The number of oxazole rings is 1. The van der Waals surface area contributed by atoms with Crippen LogP contribution in [0.3, 0.4) is 0 Å². The van der Waals surface area contributed by atoms with Gasteiger partial charge in [0.15, 0.2) is 0 Å². The van der Waals surface area contributed by atoms with Gasteiger partial charge in [-0.05, 0) is 26.2 Å². The lowest BCUT2D eigenvalue weighted by Gasteiger charge is -2.22. The summed E-state index contributed by atoms with van der Waals surface area (Å²) in [7, 11) is 0. The molecule has 2 N–H and O–H groups in total. The Morgan fingerprint density at radius 1 is 1.44 bits per heavy atom. The molecule has 1 aliphatic carbocycles. The zero-order valence-electron chi connectivity index (χ0n) is 11.0. The van der Waals surface area contributed by atoms with Gasteiger partial charge in [0, 0.05) is 5.41 Å². The van der Waals surface area contributed by atoms with Gasteiger partial charge in [-0.25, -0.2) is 9.78 Å². The van der Waals surface area contributed by atoms with Crippen molar-refractivity contribution in [2.75, 3.05) is 12.3 Å². The Balaban J connectivity index is 2.30. The number of carbonyl (C=O) groups excluding carboxylic acids is 1. The first-order valence-corrected chi connectivity index (χ1v) is 6.57. The van der Waals surface area contributed by atoms with Gasteiger partial charge in [-0.3, -0.25) is 0 Å². The summed E-state index contributed by atoms with van der Waals surface area (Å²) in [5.41, 5.74) is 5.80. The summed E-state index contributed by atoms with van der Waals surface area (Å²) in [6, 6.07) is 0. The summed E-state index contributed by atoms with van der Waals surface area (Å²) in [6.07, 6.45) is 5.39. The maximum absolute atomic E-state index is 11.7. The number of hydrogen-bond donors (Lipinski definition) is 1. The number of nitrogens with zero attached hydrogens (tertiary/aromatic N) is 1. The van der Waals surface area contributed by atoms with Crippen LogP contribution in [0, 0.1) is 0 Å². The van der Waals surface area contributed by atoms with E-state index in [1.54, 1.807) is 6.92 Å². The largest absolute Gasteiger partial charge is 0.461 e. The number of ether oxygens (including phenoxy) is 1. The van der Waals surface area contributed by atoms with E-state index in [0.717, 1.165) is 19.3 Å². The molecule has 0 atom stereocenters. The Labute approximate surface area is 107 Å². The van der Waals surface area contributed by atoms with E-state index in [4.69, 9.17) is 14.9 Å². The van der Waals surface area contributed by atoms with E-state index in [9.17, 15) is 4.79 Å². The normalized spacial score (nSPS) is 17.9. The van der Waals surface area contributed by atoms with Crippen molar-refractivity contribution in [1.29, 1.82) is 0 Å². The smallest absolute Gasteiger partial charge is 0.362 e. The second-order valence-electron chi connectivity index (χ2n) is 4.79. The highest BCUT2D eigenvalue weighted by Gasteiger charge is 2.39. The second kappa shape index (κ2) is 5.00. The predicted molar refractivity (Wildman–Crippen MR) is 67.3 cm³/mol. The van der Waals surface area contributed by atoms with Crippen molar-refractivity contribution in [2.24, 2.45) is 0 Å². The Morgan fingerprint density at radius 3 is 2.67 bits per heavy atom. The van der Waals surface area contributed by atoms with Gasteiger partial charge in [-0.15, -0.1) is 0 Å². The molecular formula is C13H20N2O3. The topological polar surface area (TPSA) is 78.3 Å². The molecule has 0 spiro atoms. The first kappa shape index (κ1) is 12.9. The number of aromatic nitrogens is 1. The molecule has 0 amide bonds. The van der Waals surface area contributed by atoms with Crippen molar-refractivity contribution < 1.29 is 13.9 Å². The number of rotatable bonds is 4. The van der Waals surface area contributed by atoms with Crippen molar-refractivity contribution in [2.45, 2.75) is 51.4 Å². The molecule has 1 aromatic rings. The van der Waals surface area contributed by atoms with E-state index in [1.165, 1.54) is 12.8 Å². The average Bonchev–Trinajstić information content (AvgIpc) is 2.96. The van der Waals surface area contributed by atoms with Crippen LogP contribution in [0.1, 0.15) is 62.3 Å². The zero-order valence-corrected chi connectivity index (χ0v) is 11.0. The predicted octanol–water partition coefficient (Wildman–Crippen LogP) is 2.66. The fourth-order valence-corrected chi connectivity index (χ4v) is 2.67.